The molecule has 2 N–H and O–H groups in total. The third kappa shape index (κ3) is 3.83. The van der Waals surface area contributed by atoms with Crippen LogP contribution in [0.3, 0.4) is 0 Å². The van der Waals surface area contributed by atoms with Gasteiger partial charge in [0, 0.05) is 19.6 Å². The van der Waals surface area contributed by atoms with E-state index in [2.05, 4.69) is 0 Å². The molecule has 0 bridgehead atoms. The lowest BCUT2D eigenvalue weighted by Crippen LogP contribution is -2.27. The van der Waals surface area contributed by atoms with Crippen LogP contribution in [0.4, 0.5) is 0 Å². The maximum Gasteiger partial charge on any atom is 0.161 e. The Kier molecular flexibility index (Phi) is 5.01. The zero-order valence-corrected chi connectivity index (χ0v) is 11.2. The summed E-state index contributed by atoms with van der Waals surface area (Å²) >= 11 is 0. The van der Waals surface area contributed by atoms with Gasteiger partial charge in [-0.15, -0.1) is 0 Å². The second-order valence-corrected chi connectivity index (χ2v) is 4.62. The van der Waals surface area contributed by atoms with Gasteiger partial charge in [0.1, 0.15) is 6.61 Å². The lowest BCUT2D eigenvalue weighted by molar-refractivity contribution is 0.0572. The zero-order chi connectivity index (χ0) is 13.7. The van der Waals surface area contributed by atoms with Gasteiger partial charge >= 0.3 is 0 Å². The number of likely N-dealkylation sites (tertiary alicyclic amines) is 1. The van der Waals surface area contributed by atoms with Crippen LogP contribution in [-0.2, 0) is 0 Å². The number of hydrogen-bond acceptors (Lipinski definition) is 5. The molecule has 5 nitrogen and oxygen atoms in total. The summed E-state index contributed by atoms with van der Waals surface area (Å²) in [6.07, 6.45) is -1.29. The van der Waals surface area contributed by atoms with E-state index in [4.69, 9.17) is 9.47 Å². The third-order valence-electron chi connectivity index (χ3n) is 3.15. The molecule has 1 aliphatic heterocycles. The summed E-state index contributed by atoms with van der Waals surface area (Å²) in [4.78, 5) is 1.98. The van der Waals surface area contributed by atoms with Crippen LogP contribution in [0.2, 0.25) is 0 Å². The van der Waals surface area contributed by atoms with E-state index in [0.29, 0.717) is 32.8 Å². The number of nitrogens with zero attached hydrogens (tertiary/aromatic N) is 1. The molecule has 2 unspecified atom stereocenters. The highest BCUT2D eigenvalue weighted by molar-refractivity contribution is 5.39. The molecule has 106 valence electrons. The highest BCUT2D eigenvalue weighted by atomic mass is 16.5. The molecule has 1 aliphatic rings. The zero-order valence-electron chi connectivity index (χ0n) is 11.2. The van der Waals surface area contributed by atoms with E-state index in [1.165, 1.54) is 0 Å². The molecule has 1 aromatic rings. The van der Waals surface area contributed by atoms with Crippen molar-refractivity contribution in [3.05, 3.63) is 24.3 Å². The van der Waals surface area contributed by atoms with Gasteiger partial charge in [-0.1, -0.05) is 12.1 Å². The average molecular weight is 267 g/mol. The molecule has 0 saturated carbocycles. The predicted octanol–water partition coefficient (Wildman–Crippen LogP) is 0.501. The molecule has 1 saturated heterocycles. The summed E-state index contributed by atoms with van der Waals surface area (Å²) in [6, 6.07) is 7.56. The summed E-state index contributed by atoms with van der Waals surface area (Å²) in [5, 5.41) is 18.9. The predicted molar refractivity (Wildman–Crippen MR) is 71.6 cm³/mol. The second kappa shape index (κ2) is 6.75. The number of rotatable bonds is 6. The van der Waals surface area contributed by atoms with Crippen LogP contribution in [-0.4, -0.2) is 60.2 Å². The van der Waals surface area contributed by atoms with E-state index >= 15 is 0 Å². The van der Waals surface area contributed by atoms with Crippen molar-refractivity contribution in [1.29, 1.82) is 0 Å². The molecule has 0 amide bonds. The van der Waals surface area contributed by atoms with Gasteiger partial charge < -0.3 is 19.7 Å². The van der Waals surface area contributed by atoms with Crippen molar-refractivity contribution < 1.29 is 19.7 Å². The van der Waals surface area contributed by atoms with Crippen molar-refractivity contribution in [3.63, 3.8) is 0 Å². The molecular formula is C14H21NO4. The molecule has 2 atom stereocenters. The van der Waals surface area contributed by atoms with E-state index in [1.54, 1.807) is 0 Å². The molecule has 0 radical (unpaired) electrons. The van der Waals surface area contributed by atoms with Crippen molar-refractivity contribution in [2.45, 2.75) is 19.1 Å². The number of hydrogen-bond donors (Lipinski definition) is 2. The van der Waals surface area contributed by atoms with Crippen molar-refractivity contribution in [2.75, 3.05) is 32.8 Å². The lowest BCUT2D eigenvalue weighted by Gasteiger charge is -2.16. The molecule has 1 fully saturated rings. The van der Waals surface area contributed by atoms with E-state index in [0.717, 1.165) is 11.5 Å². The number of β-amino-alcohol motifs (C(OH)–C–C–N with tert-alkyl or cyclic N) is 2. The van der Waals surface area contributed by atoms with Crippen LogP contribution in [0.15, 0.2) is 24.3 Å². The van der Waals surface area contributed by atoms with Gasteiger partial charge in [0.15, 0.2) is 11.5 Å². The van der Waals surface area contributed by atoms with E-state index in [1.807, 2.05) is 36.1 Å². The topological polar surface area (TPSA) is 62.2 Å². The van der Waals surface area contributed by atoms with Crippen LogP contribution < -0.4 is 9.47 Å². The molecule has 0 spiro atoms. The van der Waals surface area contributed by atoms with Gasteiger partial charge in [-0.05, 0) is 19.1 Å². The van der Waals surface area contributed by atoms with Crippen LogP contribution >= 0.6 is 0 Å². The first-order chi connectivity index (χ1) is 9.20. The Morgan fingerprint density at radius 1 is 1.11 bits per heavy atom. The van der Waals surface area contributed by atoms with Gasteiger partial charge in [0.05, 0.1) is 18.8 Å². The molecular weight excluding hydrogens is 246 g/mol. The third-order valence-corrected chi connectivity index (χ3v) is 3.15. The Morgan fingerprint density at radius 3 is 2.26 bits per heavy atom. The summed E-state index contributed by atoms with van der Waals surface area (Å²) in [5.41, 5.74) is 0. The van der Waals surface area contributed by atoms with E-state index < -0.39 is 12.2 Å². The van der Waals surface area contributed by atoms with Gasteiger partial charge in [-0.3, -0.25) is 4.90 Å². The fourth-order valence-electron chi connectivity index (χ4n) is 2.16. The number of aliphatic hydroxyl groups excluding tert-OH is 2. The monoisotopic (exact) mass is 267 g/mol. The maximum atomic E-state index is 9.45. The molecule has 2 rings (SSSR count). The Morgan fingerprint density at radius 2 is 1.68 bits per heavy atom. The van der Waals surface area contributed by atoms with Crippen molar-refractivity contribution in [3.8, 4) is 11.5 Å². The molecule has 0 aromatic heterocycles. The molecule has 1 heterocycles. The van der Waals surface area contributed by atoms with Crippen molar-refractivity contribution in [2.24, 2.45) is 0 Å². The SMILES string of the molecule is CCOc1ccccc1OCCN1CC(O)C(O)C1. The number of ether oxygens (including phenoxy) is 2. The number of aliphatic hydroxyl groups is 2. The highest BCUT2D eigenvalue weighted by Gasteiger charge is 2.28. The van der Waals surface area contributed by atoms with Crippen molar-refractivity contribution >= 4 is 0 Å². The summed E-state index contributed by atoms with van der Waals surface area (Å²) in [6.45, 7) is 4.71. The van der Waals surface area contributed by atoms with Crippen LogP contribution in [0, 0.1) is 0 Å². The highest BCUT2D eigenvalue weighted by Crippen LogP contribution is 2.26. The Hall–Kier alpha value is -1.30. The summed E-state index contributed by atoms with van der Waals surface area (Å²) in [7, 11) is 0. The largest absolute Gasteiger partial charge is 0.490 e. The molecule has 1 aromatic carbocycles. The first-order valence-electron chi connectivity index (χ1n) is 6.63. The smallest absolute Gasteiger partial charge is 0.161 e. The van der Waals surface area contributed by atoms with Crippen LogP contribution in [0.5, 0.6) is 11.5 Å². The minimum absolute atomic E-state index is 0.498. The number of benzene rings is 1. The molecule has 5 heteroatoms. The summed E-state index contributed by atoms with van der Waals surface area (Å²) < 4.78 is 11.2. The van der Waals surface area contributed by atoms with E-state index in [-0.39, 0.29) is 0 Å². The minimum Gasteiger partial charge on any atom is -0.490 e. The normalized spacial score (nSPS) is 23.5. The van der Waals surface area contributed by atoms with Gasteiger partial charge in [-0.25, -0.2) is 0 Å². The second-order valence-electron chi connectivity index (χ2n) is 4.62. The van der Waals surface area contributed by atoms with Crippen molar-refractivity contribution in [1.82, 2.24) is 4.90 Å². The van der Waals surface area contributed by atoms with Gasteiger partial charge in [-0.2, -0.15) is 0 Å². The van der Waals surface area contributed by atoms with Gasteiger partial charge in [0.25, 0.3) is 0 Å². The molecule has 19 heavy (non-hydrogen) atoms. The fourth-order valence-corrected chi connectivity index (χ4v) is 2.16. The standard InChI is InChI=1S/C14H21NO4/c1-2-18-13-5-3-4-6-14(13)19-8-7-15-9-11(16)12(17)10-15/h3-6,11-12,16-17H,2,7-10H2,1H3. The lowest BCUT2D eigenvalue weighted by atomic mass is 10.3. The minimum atomic E-state index is -0.643. The van der Waals surface area contributed by atoms with Crippen LogP contribution in [0.1, 0.15) is 6.92 Å². The van der Waals surface area contributed by atoms with Gasteiger partial charge in [0.2, 0.25) is 0 Å². The average Bonchev–Trinajstić information content (AvgIpc) is 2.71. The maximum absolute atomic E-state index is 9.45. The quantitative estimate of drug-likeness (QED) is 0.786. The fraction of sp³-hybridized carbons (Fsp3) is 0.571. The van der Waals surface area contributed by atoms with Crippen LogP contribution in [0.25, 0.3) is 0 Å². The first kappa shape index (κ1) is 14.1. The van der Waals surface area contributed by atoms with E-state index in [9.17, 15) is 10.2 Å². The number of para-hydroxylation sites is 2. The Balaban J connectivity index is 1.80. The Labute approximate surface area is 113 Å². The molecule has 0 aliphatic carbocycles. The first-order valence-corrected chi connectivity index (χ1v) is 6.63. The Bertz CT molecular complexity index is 389. The summed E-state index contributed by atoms with van der Waals surface area (Å²) in [5.74, 6) is 1.47.